The Hall–Kier alpha value is -1.79. The van der Waals surface area contributed by atoms with Crippen LogP contribution in [0.25, 0.3) is 33.2 Å². The number of aryl methyl sites for hydroxylation is 4. The van der Waals surface area contributed by atoms with Gasteiger partial charge in [-0.25, -0.2) is 0 Å². The van der Waals surface area contributed by atoms with Crippen LogP contribution in [-0.4, -0.2) is 0 Å². The molecule has 1 heterocycles. The predicted octanol–water partition coefficient (Wildman–Crippen LogP) is 6.90. The fraction of sp³-hybridized carbons (Fsp3) is 0.240. The molecular formula is C25H23OZr-. The zero-order valence-corrected chi connectivity index (χ0v) is 18.6. The summed E-state index contributed by atoms with van der Waals surface area (Å²) >= 11 is 0. The second kappa shape index (κ2) is 6.99. The van der Waals surface area contributed by atoms with Crippen LogP contribution in [0.5, 0.6) is 0 Å². The van der Waals surface area contributed by atoms with Crippen molar-refractivity contribution < 1.29 is 30.6 Å². The van der Waals surface area contributed by atoms with Crippen LogP contribution >= 0.6 is 0 Å². The summed E-state index contributed by atoms with van der Waals surface area (Å²) in [5.41, 5.74) is 9.72. The molecule has 0 spiro atoms. The van der Waals surface area contributed by atoms with Gasteiger partial charge in [-0.15, -0.1) is 29.0 Å². The monoisotopic (exact) mass is 429 g/mol. The van der Waals surface area contributed by atoms with Gasteiger partial charge in [0, 0.05) is 26.2 Å². The molecule has 0 amide bonds. The normalized spacial score (nSPS) is 13.0. The van der Waals surface area contributed by atoms with Crippen LogP contribution in [0.4, 0.5) is 0 Å². The smallest absolute Gasteiger partial charge is 0.0896 e. The molecule has 0 unspecified atom stereocenters. The molecule has 0 saturated heterocycles. The molecule has 0 aliphatic heterocycles. The van der Waals surface area contributed by atoms with Gasteiger partial charge in [0.25, 0.3) is 0 Å². The molecular weight excluding hydrogens is 407 g/mol. The molecule has 5 rings (SSSR count). The van der Waals surface area contributed by atoms with E-state index in [0.717, 1.165) is 11.5 Å². The van der Waals surface area contributed by atoms with Gasteiger partial charge in [-0.3, -0.25) is 0 Å². The van der Waals surface area contributed by atoms with E-state index < -0.39 is 0 Å². The van der Waals surface area contributed by atoms with Gasteiger partial charge in [-0.05, 0) is 63.3 Å². The maximum absolute atomic E-state index is 5.88. The van der Waals surface area contributed by atoms with Crippen molar-refractivity contribution in [1.29, 1.82) is 0 Å². The summed E-state index contributed by atoms with van der Waals surface area (Å²) in [6.07, 6.45) is 3.65. The molecule has 1 aliphatic rings. The van der Waals surface area contributed by atoms with Gasteiger partial charge in [0.15, 0.2) is 0 Å². The van der Waals surface area contributed by atoms with E-state index in [0.29, 0.717) is 0 Å². The summed E-state index contributed by atoms with van der Waals surface area (Å²) in [6.45, 7) is 6.39. The van der Waals surface area contributed by atoms with Crippen LogP contribution in [-0.2, 0) is 39.0 Å². The first kappa shape index (κ1) is 18.6. The second-order valence-electron chi connectivity index (χ2n) is 7.78. The SMILES string of the molecule is Cc1cc(C)cc(-c2c3c(cc4[cH-]c(-c5ccc(C)o5)cc24)CCC3)c1.[Zr]. The van der Waals surface area contributed by atoms with Crippen molar-refractivity contribution in [1.82, 2.24) is 0 Å². The number of fused-ring (bicyclic) bond motifs is 2. The van der Waals surface area contributed by atoms with Crippen LogP contribution in [0.2, 0.25) is 0 Å². The average molecular weight is 431 g/mol. The maximum Gasteiger partial charge on any atom is 0.0896 e. The Balaban J connectivity index is 0.00000180. The van der Waals surface area contributed by atoms with E-state index in [4.69, 9.17) is 4.42 Å². The average Bonchev–Trinajstić information content (AvgIpc) is 3.29. The zero-order valence-electron chi connectivity index (χ0n) is 16.1. The summed E-state index contributed by atoms with van der Waals surface area (Å²) in [5, 5.41) is 2.70. The van der Waals surface area contributed by atoms with Crippen molar-refractivity contribution >= 4 is 10.8 Å². The molecule has 0 atom stereocenters. The third-order valence-electron chi connectivity index (χ3n) is 5.62. The van der Waals surface area contributed by atoms with E-state index in [2.05, 4.69) is 56.3 Å². The zero-order chi connectivity index (χ0) is 17.8. The summed E-state index contributed by atoms with van der Waals surface area (Å²) in [4.78, 5) is 0. The van der Waals surface area contributed by atoms with Gasteiger partial charge >= 0.3 is 0 Å². The largest absolute Gasteiger partial charge is 0.496 e. The Labute approximate surface area is 179 Å². The van der Waals surface area contributed by atoms with Gasteiger partial charge in [0.1, 0.15) is 0 Å². The van der Waals surface area contributed by atoms with Crippen molar-refractivity contribution in [3.8, 4) is 22.5 Å². The summed E-state index contributed by atoms with van der Waals surface area (Å²) in [7, 11) is 0. The number of hydrogen-bond acceptors (Lipinski definition) is 1. The molecule has 27 heavy (non-hydrogen) atoms. The van der Waals surface area contributed by atoms with Crippen LogP contribution in [0.3, 0.4) is 0 Å². The molecule has 3 aromatic carbocycles. The van der Waals surface area contributed by atoms with Crippen LogP contribution in [0, 0.1) is 20.8 Å². The van der Waals surface area contributed by atoms with Gasteiger partial charge < -0.3 is 4.42 Å². The minimum atomic E-state index is 0. The Kier molecular flexibility index (Phi) is 4.81. The van der Waals surface area contributed by atoms with E-state index in [1.807, 2.05) is 13.0 Å². The van der Waals surface area contributed by atoms with Crippen molar-refractivity contribution in [2.75, 3.05) is 0 Å². The number of furan rings is 1. The van der Waals surface area contributed by atoms with Gasteiger partial charge in [-0.1, -0.05) is 46.0 Å². The molecule has 4 aromatic rings. The minimum absolute atomic E-state index is 0. The minimum Gasteiger partial charge on any atom is -0.496 e. The van der Waals surface area contributed by atoms with Crippen molar-refractivity contribution in [2.45, 2.75) is 40.0 Å². The third-order valence-corrected chi connectivity index (χ3v) is 5.62. The predicted molar refractivity (Wildman–Crippen MR) is 109 cm³/mol. The first-order chi connectivity index (χ1) is 12.6. The van der Waals surface area contributed by atoms with E-state index in [9.17, 15) is 0 Å². The van der Waals surface area contributed by atoms with E-state index >= 15 is 0 Å². The molecule has 0 fully saturated rings. The molecule has 1 aliphatic carbocycles. The van der Waals surface area contributed by atoms with E-state index in [-0.39, 0.29) is 26.2 Å². The fourth-order valence-corrected chi connectivity index (χ4v) is 4.60. The molecule has 0 N–H and O–H groups in total. The molecule has 1 aromatic heterocycles. The molecule has 0 saturated carbocycles. The second-order valence-corrected chi connectivity index (χ2v) is 7.78. The Morgan fingerprint density at radius 1 is 0.889 bits per heavy atom. The van der Waals surface area contributed by atoms with Crippen molar-refractivity contribution in [2.24, 2.45) is 0 Å². The summed E-state index contributed by atoms with van der Waals surface area (Å²) in [5.74, 6) is 1.92. The van der Waals surface area contributed by atoms with Crippen molar-refractivity contribution in [3.05, 3.63) is 76.5 Å². The van der Waals surface area contributed by atoms with Gasteiger partial charge in [-0.2, -0.15) is 0 Å². The first-order valence-electron chi connectivity index (χ1n) is 9.49. The molecule has 2 heteroatoms. The maximum atomic E-state index is 5.88. The summed E-state index contributed by atoms with van der Waals surface area (Å²) in [6, 6.07) is 18.1. The quantitative estimate of drug-likeness (QED) is 0.315. The molecule has 134 valence electrons. The van der Waals surface area contributed by atoms with Gasteiger partial charge in [0.05, 0.1) is 11.5 Å². The van der Waals surface area contributed by atoms with Crippen LogP contribution in [0.1, 0.15) is 34.4 Å². The number of hydrogen-bond donors (Lipinski definition) is 0. The van der Waals surface area contributed by atoms with Gasteiger partial charge in [0.2, 0.25) is 0 Å². The molecule has 0 bridgehead atoms. The van der Waals surface area contributed by atoms with Crippen LogP contribution < -0.4 is 0 Å². The van der Waals surface area contributed by atoms with Crippen LogP contribution in [0.15, 0.2) is 52.9 Å². The summed E-state index contributed by atoms with van der Waals surface area (Å²) < 4.78 is 5.88. The Morgan fingerprint density at radius 3 is 2.37 bits per heavy atom. The molecule has 0 radical (unpaired) electrons. The van der Waals surface area contributed by atoms with E-state index in [1.54, 1.807) is 5.56 Å². The number of rotatable bonds is 2. The first-order valence-corrected chi connectivity index (χ1v) is 9.49. The van der Waals surface area contributed by atoms with E-state index in [1.165, 1.54) is 63.4 Å². The standard InChI is InChI=1S/C25H23O.Zr/c1-15-9-16(2)11-21(10-15)25-22-6-4-5-18(22)12-19-13-20(14-23(19)25)24-8-7-17(3)26-24;/h7-14H,4-6H2,1-3H3;/q-1;. The Bertz CT molecular complexity index is 1120. The third kappa shape index (κ3) is 3.19. The fourth-order valence-electron chi connectivity index (χ4n) is 4.60. The van der Waals surface area contributed by atoms with Crippen molar-refractivity contribution in [3.63, 3.8) is 0 Å². The number of benzene rings is 2. The molecule has 1 nitrogen and oxygen atoms in total. The topological polar surface area (TPSA) is 13.1 Å². The Morgan fingerprint density at radius 2 is 1.67 bits per heavy atom.